The van der Waals surface area contributed by atoms with Gasteiger partial charge in [-0.1, -0.05) is 18.2 Å². The number of nitrogens with one attached hydrogen (secondary N) is 2. The van der Waals surface area contributed by atoms with Crippen LogP contribution in [-0.4, -0.2) is 27.1 Å². The summed E-state index contributed by atoms with van der Waals surface area (Å²) in [5.41, 5.74) is 0.493. The highest BCUT2D eigenvalue weighted by Crippen LogP contribution is 2.18. The summed E-state index contributed by atoms with van der Waals surface area (Å²) in [5, 5.41) is 14.5. The van der Waals surface area contributed by atoms with Crippen LogP contribution in [-0.2, 0) is 11.2 Å². The summed E-state index contributed by atoms with van der Waals surface area (Å²) < 4.78 is 0. The van der Waals surface area contributed by atoms with Crippen LogP contribution in [0.2, 0.25) is 0 Å². The fourth-order valence-corrected chi connectivity index (χ4v) is 2.55. The van der Waals surface area contributed by atoms with E-state index in [2.05, 4.69) is 15.6 Å². The zero-order valence-electron chi connectivity index (χ0n) is 10.7. The minimum Gasteiger partial charge on any atom is -0.481 e. The molecule has 1 heterocycles. The van der Waals surface area contributed by atoms with Gasteiger partial charge in [0.05, 0.1) is 6.42 Å². The van der Waals surface area contributed by atoms with E-state index in [0.717, 1.165) is 0 Å². The molecule has 0 fully saturated rings. The highest BCUT2D eigenvalue weighted by molar-refractivity contribution is 7.80. The number of carboxylic acid groups (broad SMARTS) is 1. The Morgan fingerprint density at radius 1 is 1.29 bits per heavy atom. The lowest BCUT2D eigenvalue weighted by molar-refractivity contribution is -0.136. The highest BCUT2D eigenvalue weighted by atomic mass is 32.1. The number of carboxylic acids is 1. The van der Waals surface area contributed by atoms with E-state index in [1.807, 2.05) is 6.07 Å². The van der Waals surface area contributed by atoms with Gasteiger partial charge in [-0.3, -0.25) is 14.9 Å². The number of benzene rings is 1. The summed E-state index contributed by atoms with van der Waals surface area (Å²) >= 11 is 6.19. The van der Waals surface area contributed by atoms with Crippen LogP contribution in [0.4, 0.5) is 5.13 Å². The Bertz CT molecular complexity index is 670. The maximum Gasteiger partial charge on any atom is 0.308 e. The van der Waals surface area contributed by atoms with Gasteiger partial charge in [-0.05, 0) is 24.4 Å². The molecule has 2 rings (SSSR count). The van der Waals surface area contributed by atoms with Crippen LogP contribution in [0.3, 0.4) is 0 Å². The number of aliphatic carboxylic acids is 1. The average Bonchev–Trinajstić information content (AvgIpc) is 2.85. The van der Waals surface area contributed by atoms with Gasteiger partial charge >= 0.3 is 5.97 Å². The molecular formula is C13H11N3O3S2. The normalized spacial score (nSPS) is 9.90. The molecule has 3 N–H and O–H groups in total. The summed E-state index contributed by atoms with van der Waals surface area (Å²) in [6.07, 6.45) is 1.37. The SMILES string of the molecule is O=C(O)Cc1cnc(NC(=S)NC(=O)c2ccccc2)s1. The van der Waals surface area contributed by atoms with Crippen molar-refractivity contribution >= 4 is 45.7 Å². The molecule has 0 aliphatic heterocycles. The van der Waals surface area contributed by atoms with Crippen molar-refractivity contribution in [2.45, 2.75) is 6.42 Å². The zero-order valence-corrected chi connectivity index (χ0v) is 12.3. The maximum absolute atomic E-state index is 11.9. The van der Waals surface area contributed by atoms with Gasteiger partial charge < -0.3 is 10.4 Å². The summed E-state index contributed by atoms with van der Waals surface area (Å²) in [6.45, 7) is 0. The van der Waals surface area contributed by atoms with Crippen LogP contribution >= 0.6 is 23.6 Å². The molecule has 2 aromatic rings. The molecule has 0 bridgehead atoms. The second-order valence-corrected chi connectivity index (χ2v) is 5.50. The molecule has 0 aliphatic carbocycles. The number of nitrogens with zero attached hydrogens (tertiary/aromatic N) is 1. The average molecular weight is 321 g/mol. The molecule has 0 saturated carbocycles. The number of thiazole rings is 1. The fraction of sp³-hybridized carbons (Fsp3) is 0.0769. The Kier molecular flexibility index (Phi) is 4.96. The van der Waals surface area contributed by atoms with Crippen LogP contribution < -0.4 is 10.6 Å². The second kappa shape index (κ2) is 6.91. The first-order chi connectivity index (χ1) is 10.0. The van der Waals surface area contributed by atoms with Crippen molar-refractivity contribution in [3.8, 4) is 0 Å². The lowest BCUT2D eigenvalue weighted by Crippen LogP contribution is -2.34. The van der Waals surface area contributed by atoms with E-state index in [1.165, 1.54) is 17.5 Å². The standard InChI is InChI=1S/C13H11N3O3S2/c17-10(18)6-9-7-14-13(21-9)16-12(20)15-11(19)8-4-2-1-3-5-8/h1-5,7H,6H2,(H,17,18)(H2,14,15,16,19,20). The first-order valence-corrected chi connectivity index (χ1v) is 7.11. The quantitative estimate of drug-likeness (QED) is 0.745. The van der Waals surface area contributed by atoms with Crippen molar-refractivity contribution in [2.75, 3.05) is 5.32 Å². The van der Waals surface area contributed by atoms with Crippen LogP contribution in [0, 0.1) is 0 Å². The number of anilines is 1. The Balaban J connectivity index is 1.91. The van der Waals surface area contributed by atoms with Crippen LogP contribution in [0.15, 0.2) is 36.5 Å². The third-order valence-corrected chi connectivity index (χ3v) is 3.48. The Morgan fingerprint density at radius 3 is 2.67 bits per heavy atom. The number of amides is 1. The molecule has 1 aromatic carbocycles. The molecule has 0 aliphatic rings. The number of hydrogen-bond acceptors (Lipinski definition) is 5. The number of aromatic nitrogens is 1. The van der Waals surface area contributed by atoms with E-state index in [-0.39, 0.29) is 17.4 Å². The van der Waals surface area contributed by atoms with E-state index in [0.29, 0.717) is 15.6 Å². The number of hydrogen-bond donors (Lipinski definition) is 3. The number of rotatable bonds is 4. The summed E-state index contributed by atoms with van der Waals surface area (Å²) in [6, 6.07) is 8.67. The van der Waals surface area contributed by atoms with E-state index in [9.17, 15) is 9.59 Å². The summed E-state index contributed by atoms with van der Waals surface area (Å²) in [4.78, 5) is 27.0. The topological polar surface area (TPSA) is 91.3 Å². The van der Waals surface area contributed by atoms with Gasteiger partial charge in [0.15, 0.2) is 10.2 Å². The molecule has 1 amide bonds. The van der Waals surface area contributed by atoms with E-state index >= 15 is 0 Å². The van der Waals surface area contributed by atoms with Crippen LogP contribution in [0.1, 0.15) is 15.2 Å². The van der Waals surface area contributed by atoms with E-state index in [1.54, 1.807) is 24.3 Å². The fourth-order valence-electron chi connectivity index (χ4n) is 1.49. The van der Waals surface area contributed by atoms with Gasteiger partial charge in [0, 0.05) is 16.6 Å². The van der Waals surface area contributed by atoms with Crippen molar-refractivity contribution < 1.29 is 14.7 Å². The minimum absolute atomic E-state index is 0.0948. The van der Waals surface area contributed by atoms with Gasteiger partial charge in [-0.2, -0.15) is 0 Å². The largest absolute Gasteiger partial charge is 0.481 e. The lowest BCUT2D eigenvalue weighted by Gasteiger charge is -2.06. The third-order valence-electron chi connectivity index (χ3n) is 2.36. The van der Waals surface area contributed by atoms with Gasteiger partial charge in [0.2, 0.25) is 0 Å². The second-order valence-electron chi connectivity index (χ2n) is 3.98. The monoisotopic (exact) mass is 321 g/mol. The van der Waals surface area contributed by atoms with Crippen LogP contribution in [0.25, 0.3) is 0 Å². The number of carbonyl (C=O) groups excluding carboxylic acids is 1. The molecule has 6 nitrogen and oxygen atoms in total. The van der Waals surface area contributed by atoms with Crippen molar-refractivity contribution in [1.82, 2.24) is 10.3 Å². The van der Waals surface area contributed by atoms with Crippen molar-refractivity contribution in [3.63, 3.8) is 0 Å². The van der Waals surface area contributed by atoms with Crippen molar-refractivity contribution in [3.05, 3.63) is 47.0 Å². The molecule has 8 heteroatoms. The molecule has 1 aromatic heterocycles. The van der Waals surface area contributed by atoms with Crippen LogP contribution in [0.5, 0.6) is 0 Å². The Labute approximate surface area is 129 Å². The first-order valence-electron chi connectivity index (χ1n) is 5.88. The highest BCUT2D eigenvalue weighted by Gasteiger charge is 2.10. The van der Waals surface area contributed by atoms with Gasteiger partial charge in [0.25, 0.3) is 5.91 Å². The predicted octanol–water partition coefficient (Wildman–Crippen LogP) is 1.90. The molecule has 0 spiro atoms. The van der Waals surface area contributed by atoms with Gasteiger partial charge in [0.1, 0.15) is 0 Å². The summed E-state index contributed by atoms with van der Waals surface area (Å²) in [7, 11) is 0. The smallest absolute Gasteiger partial charge is 0.308 e. The number of carbonyl (C=O) groups is 2. The van der Waals surface area contributed by atoms with E-state index in [4.69, 9.17) is 17.3 Å². The molecule has 21 heavy (non-hydrogen) atoms. The molecule has 0 atom stereocenters. The number of thiocarbonyl (C=S) groups is 1. The lowest BCUT2D eigenvalue weighted by atomic mass is 10.2. The molecule has 0 radical (unpaired) electrons. The minimum atomic E-state index is -0.926. The summed E-state index contributed by atoms with van der Waals surface area (Å²) in [5.74, 6) is -1.25. The molecular weight excluding hydrogens is 310 g/mol. The van der Waals surface area contributed by atoms with Crippen molar-refractivity contribution in [2.24, 2.45) is 0 Å². The third kappa shape index (κ3) is 4.62. The van der Waals surface area contributed by atoms with Crippen molar-refractivity contribution in [1.29, 1.82) is 0 Å². The Morgan fingerprint density at radius 2 is 2.00 bits per heavy atom. The molecule has 108 valence electrons. The maximum atomic E-state index is 11.9. The molecule has 0 saturated heterocycles. The predicted molar refractivity (Wildman–Crippen MR) is 83.6 cm³/mol. The van der Waals surface area contributed by atoms with E-state index < -0.39 is 5.97 Å². The van der Waals surface area contributed by atoms with Gasteiger partial charge in [-0.15, -0.1) is 11.3 Å². The Hall–Kier alpha value is -2.32. The first kappa shape index (κ1) is 15.1. The van der Waals surface area contributed by atoms with Gasteiger partial charge in [-0.25, -0.2) is 4.98 Å². The molecule has 0 unspecified atom stereocenters. The zero-order chi connectivity index (χ0) is 15.2.